The molecule has 0 unspecified atom stereocenters. The molecule has 0 saturated heterocycles. The average Bonchev–Trinajstić information content (AvgIpc) is 2.50. The van der Waals surface area contributed by atoms with Crippen LogP contribution in [-0.2, 0) is 20.0 Å². The van der Waals surface area contributed by atoms with Crippen LogP contribution in [0.5, 0.6) is 0 Å². The summed E-state index contributed by atoms with van der Waals surface area (Å²) in [4.78, 5) is -0.324. The molecule has 0 fully saturated rings. The van der Waals surface area contributed by atoms with E-state index in [1.54, 1.807) is 12.1 Å². The number of aryl methyl sites for hydroxylation is 2. The first-order valence-corrected chi connectivity index (χ1v) is 9.91. The number of rotatable bonds is 3. The standard InChI is InChI=1S/C15H15N3O4S2/c1-10-3-4-12(7-11(10)2)18-23(19,20)13-5-6-14-15(8-13)24(21,22)17-9-16-14/h3-9,18H,1-2H3,(H,16,17). The predicted octanol–water partition coefficient (Wildman–Crippen LogP) is 2.25. The minimum Gasteiger partial charge on any atom is -0.345 e. The van der Waals surface area contributed by atoms with Gasteiger partial charge in [0.25, 0.3) is 20.0 Å². The van der Waals surface area contributed by atoms with Crippen LogP contribution in [0.3, 0.4) is 0 Å². The van der Waals surface area contributed by atoms with Gasteiger partial charge in [-0.1, -0.05) is 6.07 Å². The van der Waals surface area contributed by atoms with Gasteiger partial charge in [-0.25, -0.2) is 8.42 Å². The summed E-state index contributed by atoms with van der Waals surface area (Å²) in [5.74, 6) is 0. The summed E-state index contributed by atoms with van der Waals surface area (Å²) in [5.41, 5.74) is 2.69. The lowest BCUT2D eigenvalue weighted by Gasteiger charge is -2.14. The minimum atomic E-state index is -3.92. The molecule has 1 aliphatic rings. The van der Waals surface area contributed by atoms with Crippen molar-refractivity contribution in [2.24, 2.45) is 4.40 Å². The Kier molecular flexibility index (Phi) is 3.84. The quantitative estimate of drug-likeness (QED) is 0.868. The lowest BCUT2D eigenvalue weighted by atomic mass is 10.1. The molecule has 0 radical (unpaired) electrons. The topological polar surface area (TPSA) is 105 Å². The molecule has 0 aromatic heterocycles. The summed E-state index contributed by atoms with van der Waals surface area (Å²) in [6, 6.07) is 9.01. The van der Waals surface area contributed by atoms with Crippen molar-refractivity contribution in [3.05, 3.63) is 47.5 Å². The Morgan fingerprint density at radius 3 is 2.50 bits per heavy atom. The molecule has 7 nitrogen and oxygen atoms in total. The van der Waals surface area contributed by atoms with Crippen LogP contribution in [-0.4, -0.2) is 23.2 Å². The van der Waals surface area contributed by atoms with Gasteiger partial charge in [0.05, 0.1) is 10.6 Å². The highest BCUT2D eigenvalue weighted by Crippen LogP contribution is 2.29. The SMILES string of the molecule is Cc1ccc(NS(=O)(=O)c2ccc3c(c2)S(=O)(=O)N=CN3)cc1C. The molecule has 1 aliphatic heterocycles. The molecule has 126 valence electrons. The van der Waals surface area contributed by atoms with Gasteiger partial charge in [0.2, 0.25) is 0 Å². The summed E-state index contributed by atoms with van der Waals surface area (Å²) < 4.78 is 54.7. The van der Waals surface area contributed by atoms with Gasteiger partial charge >= 0.3 is 0 Å². The summed E-state index contributed by atoms with van der Waals surface area (Å²) in [6.07, 6.45) is 1.05. The molecular formula is C15H15N3O4S2. The van der Waals surface area contributed by atoms with Crippen LogP contribution < -0.4 is 10.0 Å². The zero-order chi connectivity index (χ0) is 17.5. The van der Waals surface area contributed by atoms with Crippen molar-refractivity contribution in [2.75, 3.05) is 10.0 Å². The maximum atomic E-state index is 12.5. The fourth-order valence-electron chi connectivity index (χ4n) is 2.24. The molecule has 2 aromatic carbocycles. The number of nitrogens with zero attached hydrogens (tertiary/aromatic N) is 1. The minimum absolute atomic E-state index is 0.151. The maximum absolute atomic E-state index is 12.5. The molecule has 0 aliphatic carbocycles. The highest BCUT2D eigenvalue weighted by atomic mass is 32.2. The van der Waals surface area contributed by atoms with E-state index in [0.29, 0.717) is 5.69 Å². The molecule has 2 aromatic rings. The van der Waals surface area contributed by atoms with E-state index in [9.17, 15) is 16.8 Å². The molecule has 0 saturated carbocycles. The second-order valence-electron chi connectivity index (χ2n) is 5.42. The first-order chi connectivity index (χ1) is 11.2. The van der Waals surface area contributed by atoms with Crippen molar-refractivity contribution in [3.8, 4) is 0 Å². The molecular weight excluding hydrogens is 350 g/mol. The van der Waals surface area contributed by atoms with Crippen LogP contribution in [0.4, 0.5) is 11.4 Å². The predicted molar refractivity (Wildman–Crippen MR) is 92.5 cm³/mol. The van der Waals surface area contributed by atoms with Crippen molar-refractivity contribution in [1.29, 1.82) is 0 Å². The molecule has 0 bridgehead atoms. The largest absolute Gasteiger partial charge is 0.345 e. The molecule has 0 spiro atoms. The summed E-state index contributed by atoms with van der Waals surface area (Å²) >= 11 is 0. The van der Waals surface area contributed by atoms with Crippen LogP contribution in [0.15, 0.2) is 50.6 Å². The highest BCUT2D eigenvalue weighted by molar-refractivity contribution is 7.93. The second-order valence-corrected chi connectivity index (χ2v) is 8.70. The maximum Gasteiger partial charge on any atom is 0.285 e. The molecule has 3 rings (SSSR count). The Balaban J connectivity index is 2.01. The fourth-order valence-corrected chi connectivity index (χ4v) is 4.38. The summed E-state index contributed by atoms with van der Waals surface area (Å²) in [5, 5.41) is 2.67. The van der Waals surface area contributed by atoms with Gasteiger partial charge in [-0.05, 0) is 55.3 Å². The number of hydrogen-bond donors (Lipinski definition) is 2. The lowest BCUT2D eigenvalue weighted by molar-refractivity contribution is 0.597. The van der Waals surface area contributed by atoms with Crippen LogP contribution in [0.1, 0.15) is 11.1 Å². The van der Waals surface area contributed by atoms with Crippen LogP contribution in [0.25, 0.3) is 0 Å². The van der Waals surface area contributed by atoms with E-state index in [1.807, 2.05) is 19.9 Å². The number of fused-ring (bicyclic) bond motifs is 1. The van der Waals surface area contributed by atoms with Gasteiger partial charge in [0.1, 0.15) is 11.2 Å². The van der Waals surface area contributed by atoms with Crippen molar-refractivity contribution in [3.63, 3.8) is 0 Å². The molecule has 0 amide bonds. The molecule has 1 heterocycles. The Labute approximate surface area is 140 Å². The average molecular weight is 365 g/mol. The summed E-state index contributed by atoms with van der Waals surface area (Å²) in [7, 11) is -7.82. The lowest BCUT2D eigenvalue weighted by Crippen LogP contribution is -2.16. The van der Waals surface area contributed by atoms with E-state index >= 15 is 0 Å². The van der Waals surface area contributed by atoms with Crippen molar-refractivity contribution < 1.29 is 16.8 Å². The molecule has 9 heteroatoms. The van der Waals surface area contributed by atoms with Gasteiger partial charge in [-0.3, -0.25) is 4.72 Å². The number of benzene rings is 2. The van der Waals surface area contributed by atoms with E-state index in [4.69, 9.17) is 0 Å². The number of anilines is 2. The zero-order valence-corrected chi connectivity index (χ0v) is 14.6. The molecule has 0 atom stereocenters. The monoisotopic (exact) mass is 365 g/mol. The van der Waals surface area contributed by atoms with Crippen molar-refractivity contribution in [2.45, 2.75) is 23.6 Å². The fraction of sp³-hybridized carbons (Fsp3) is 0.133. The highest BCUT2D eigenvalue weighted by Gasteiger charge is 2.24. The van der Waals surface area contributed by atoms with Gasteiger partial charge < -0.3 is 5.32 Å². The Morgan fingerprint density at radius 1 is 1.04 bits per heavy atom. The van der Waals surface area contributed by atoms with E-state index < -0.39 is 20.0 Å². The van der Waals surface area contributed by atoms with Gasteiger partial charge in [0, 0.05) is 5.69 Å². The van der Waals surface area contributed by atoms with Crippen molar-refractivity contribution in [1.82, 2.24) is 0 Å². The van der Waals surface area contributed by atoms with Crippen LogP contribution in [0.2, 0.25) is 0 Å². The zero-order valence-electron chi connectivity index (χ0n) is 12.9. The Hall–Kier alpha value is -2.39. The van der Waals surface area contributed by atoms with E-state index in [-0.39, 0.29) is 15.5 Å². The van der Waals surface area contributed by atoms with Gasteiger partial charge in [0.15, 0.2) is 0 Å². The van der Waals surface area contributed by atoms with Crippen molar-refractivity contribution >= 4 is 37.8 Å². The number of hydrogen-bond acceptors (Lipinski definition) is 5. The van der Waals surface area contributed by atoms with Gasteiger partial charge in [-0.15, -0.1) is 4.40 Å². The first-order valence-electron chi connectivity index (χ1n) is 6.98. The van der Waals surface area contributed by atoms with E-state index in [1.165, 1.54) is 12.1 Å². The second kappa shape index (κ2) is 5.60. The number of nitrogens with one attached hydrogen (secondary N) is 2. The Bertz CT molecular complexity index is 1060. The smallest absolute Gasteiger partial charge is 0.285 e. The first kappa shape index (κ1) is 16.5. The van der Waals surface area contributed by atoms with E-state index in [0.717, 1.165) is 23.5 Å². The van der Waals surface area contributed by atoms with E-state index in [2.05, 4.69) is 14.4 Å². The molecule has 2 N–H and O–H groups in total. The summed E-state index contributed by atoms with van der Waals surface area (Å²) in [6.45, 7) is 3.80. The Morgan fingerprint density at radius 2 is 1.79 bits per heavy atom. The van der Waals surface area contributed by atoms with Crippen LogP contribution >= 0.6 is 0 Å². The third-order valence-corrected chi connectivity index (χ3v) is 6.37. The third kappa shape index (κ3) is 3.00. The van der Waals surface area contributed by atoms with Crippen LogP contribution in [0, 0.1) is 13.8 Å². The number of sulfonamides is 2. The normalized spacial score (nSPS) is 15.4. The molecule has 24 heavy (non-hydrogen) atoms. The van der Waals surface area contributed by atoms with Gasteiger partial charge in [-0.2, -0.15) is 8.42 Å². The third-order valence-electron chi connectivity index (χ3n) is 3.71.